The summed E-state index contributed by atoms with van der Waals surface area (Å²) in [6, 6.07) is 21.7. The van der Waals surface area contributed by atoms with Gasteiger partial charge in [-0.25, -0.2) is 0 Å². The molecule has 1 N–H and O–H groups in total. The summed E-state index contributed by atoms with van der Waals surface area (Å²) in [5, 5.41) is 8.48. The lowest BCUT2D eigenvalue weighted by Gasteiger charge is -2.10. The largest absolute Gasteiger partial charge is 0.496 e. The Morgan fingerprint density at radius 3 is 2.66 bits per heavy atom. The zero-order valence-electron chi connectivity index (χ0n) is 16.6. The van der Waals surface area contributed by atoms with Crippen LogP contribution >= 0.6 is 0 Å². The maximum Gasteiger partial charge on any atom is 0.251 e. The summed E-state index contributed by atoms with van der Waals surface area (Å²) in [7, 11) is 1.63. The minimum absolute atomic E-state index is 0.124. The van der Waals surface area contributed by atoms with Crippen LogP contribution in [0.1, 0.15) is 27.0 Å². The number of hydrogen-bond donors (Lipinski definition) is 1. The number of benzene rings is 3. The zero-order valence-corrected chi connectivity index (χ0v) is 16.6. The van der Waals surface area contributed by atoms with Crippen LogP contribution in [0.5, 0.6) is 5.75 Å². The molecule has 5 nitrogen and oxygen atoms in total. The van der Waals surface area contributed by atoms with Crippen molar-refractivity contribution in [1.29, 1.82) is 0 Å². The van der Waals surface area contributed by atoms with E-state index in [1.165, 1.54) is 11.1 Å². The summed E-state index contributed by atoms with van der Waals surface area (Å²) in [6.45, 7) is 3.14. The molecule has 0 bridgehead atoms. The van der Waals surface area contributed by atoms with Crippen molar-refractivity contribution < 1.29 is 9.53 Å². The first-order valence-electron chi connectivity index (χ1n) is 9.55. The number of aryl methyl sites for hydroxylation is 1. The van der Waals surface area contributed by atoms with Gasteiger partial charge in [-0.1, -0.05) is 54.1 Å². The number of carbonyl (C=O) groups is 1. The van der Waals surface area contributed by atoms with Crippen molar-refractivity contribution >= 4 is 16.8 Å². The van der Waals surface area contributed by atoms with E-state index >= 15 is 0 Å². The Labute approximate surface area is 169 Å². The van der Waals surface area contributed by atoms with Crippen LogP contribution in [-0.4, -0.2) is 22.8 Å². The van der Waals surface area contributed by atoms with Crippen molar-refractivity contribution in [2.45, 2.75) is 20.0 Å². The lowest BCUT2D eigenvalue weighted by Crippen LogP contribution is -2.23. The van der Waals surface area contributed by atoms with Gasteiger partial charge in [0.25, 0.3) is 5.91 Å². The van der Waals surface area contributed by atoms with Crippen molar-refractivity contribution in [2.24, 2.45) is 0 Å². The molecule has 0 aliphatic heterocycles. The Morgan fingerprint density at radius 2 is 1.86 bits per heavy atom. The predicted octanol–water partition coefficient (Wildman–Crippen LogP) is 4.33. The van der Waals surface area contributed by atoms with Gasteiger partial charge in [-0.05, 0) is 30.7 Å². The predicted molar refractivity (Wildman–Crippen MR) is 114 cm³/mol. The Kier molecular flexibility index (Phi) is 5.29. The van der Waals surface area contributed by atoms with Crippen molar-refractivity contribution in [2.75, 3.05) is 7.11 Å². The van der Waals surface area contributed by atoms with Crippen LogP contribution in [0, 0.1) is 6.92 Å². The second-order valence-corrected chi connectivity index (χ2v) is 7.06. The van der Waals surface area contributed by atoms with Gasteiger partial charge in [0.1, 0.15) is 5.75 Å². The minimum Gasteiger partial charge on any atom is -0.496 e. The average molecular weight is 385 g/mol. The molecule has 5 heteroatoms. The summed E-state index contributed by atoms with van der Waals surface area (Å²) in [4.78, 5) is 12.7. The summed E-state index contributed by atoms with van der Waals surface area (Å²) >= 11 is 0. The Hall–Kier alpha value is -3.60. The molecule has 146 valence electrons. The quantitative estimate of drug-likeness (QED) is 0.537. The number of methoxy groups -OCH3 is 1. The Bertz CT molecular complexity index is 1150. The summed E-state index contributed by atoms with van der Waals surface area (Å²) in [5.41, 5.74) is 4.89. The number of nitrogens with zero attached hydrogens (tertiary/aromatic N) is 2. The molecule has 4 rings (SSSR count). The molecule has 1 aromatic heterocycles. The van der Waals surface area contributed by atoms with Crippen molar-refractivity contribution in [3.63, 3.8) is 0 Å². The van der Waals surface area contributed by atoms with Gasteiger partial charge >= 0.3 is 0 Å². The van der Waals surface area contributed by atoms with Crippen LogP contribution in [0.4, 0.5) is 0 Å². The highest BCUT2D eigenvalue weighted by Crippen LogP contribution is 2.19. The maximum absolute atomic E-state index is 12.7. The van der Waals surface area contributed by atoms with Gasteiger partial charge in [0.05, 0.1) is 25.4 Å². The van der Waals surface area contributed by atoms with Crippen molar-refractivity contribution in [3.05, 3.63) is 95.2 Å². The number of nitrogens with one attached hydrogen (secondary N) is 1. The van der Waals surface area contributed by atoms with Crippen LogP contribution in [0.2, 0.25) is 0 Å². The summed E-state index contributed by atoms with van der Waals surface area (Å²) in [6.07, 6.45) is 1.83. The molecule has 0 atom stereocenters. The summed E-state index contributed by atoms with van der Waals surface area (Å²) < 4.78 is 7.27. The monoisotopic (exact) mass is 385 g/mol. The second-order valence-electron chi connectivity index (χ2n) is 7.06. The third kappa shape index (κ3) is 4.14. The van der Waals surface area contributed by atoms with Crippen LogP contribution < -0.4 is 10.1 Å². The zero-order chi connectivity index (χ0) is 20.2. The smallest absolute Gasteiger partial charge is 0.251 e. The van der Waals surface area contributed by atoms with Crippen molar-refractivity contribution in [3.8, 4) is 5.75 Å². The van der Waals surface area contributed by atoms with Crippen LogP contribution in [0.25, 0.3) is 10.9 Å². The Morgan fingerprint density at radius 1 is 1.07 bits per heavy atom. The molecule has 3 aromatic carbocycles. The number of rotatable bonds is 6. The molecule has 0 fully saturated rings. The lowest BCUT2D eigenvalue weighted by molar-refractivity contribution is 0.0951. The van der Waals surface area contributed by atoms with E-state index in [1.54, 1.807) is 7.11 Å². The first-order chi connectivity index (χ1) is 14.1. The average Bonchev–Trinajstić information content (AvgIpc) is 3.15. The number of carbonyl (C=O) groups excluding carboxylic acids is 1. The third-order valence-electron chi connectivity index (χ3n) is 4.99. The van der Waals surface area contributed by atoms with Crippen LogP contribution in [0.15, 0.2) is 72.9 Å². The van der Waals surface area contributed by atoms with E-state index in [2.05, 4.69) is 41.6 Å². The minimum atomic E-state index is -0.124. The number of aromatic nitrogens is 2. The highest BCUT2D eigenvalue weighted by Gasteiger charge is 2.11. The molecule has 0 radical (unpaired) electrons. The number of para-hydroxylation sites is 1. The van der Waals surface area contributed by atoms with Gasteiger partial charge in [-0.15, -0.1) is 0 Å². The second kappa shape index (κ2) is 8.19. The molecule has 0 saturated heterocycles. The molecule has 1 amide bonds. The molecule has 0 aliphatic carbocycles. The first-order valence-corrected chi connectivity index (χ1v) is 9.55. The van der Waals surface area contributed by atoms with Crippen molar-refractivity contribution in [1.82, 2.24) is 15.1 Å². The van der Waals surface area contributed by atoms with E-state index in [9.17, 15) is 4.79 Å². The molecule has 0 unspecified atom stereocenters. The first kappa shape index (κ1) is 18.7. The molecule has 4 aromatic rings. The van der Waals surface area contributed by atoms with Gasteiger partial charge in [0, 0.05) is 23.1 Å². The van der Waals surface area contributed by atoms with Gasteiger partial charge in [-0.3, -0.25) is 9.48 Å². The Balaban J connectivity index is 1.53. The number of amides is 1. The standard InChI is InChI=1S/C24H23N3O2/c1-17-7-9-18(10-8-17)16-27-22-13-19(11-12-20(22)15-26-27)24(28)25-14-21-5-3-4-6-23(21)29-2/h3-13,15H,14,16H2,1-2H3,(H,25,28). The fourth-order valence-electron chi connectivity index (χ4n) is 3.33. The SMILES string of the molecule is COc1ccccc1CNC(=O)c1ccc2cnn(Cc3ccc(C)cc3)c2c1. The maximum atomic E-state index is 12.7. The molecule has 0 aliphatic rings. The molecule has 29 heavy (non-hydrogen) atoms. The lowest BCUT2D eigenvalue weighted by atomic mass is 10.1. The van der Waals surface area contributed by atoms with E-state index in [4.69, 9.17) is 4.74 Å². The van der Waals surface area contributed by atoms with Gasteiger partial charge in [-0.2, -0.15) is 5.10 Å². The number of ether oxygens (including phenoxy) is 1. The third-order valence-corrected chi connectivity index (χ3v) is 4.99. The summed E-state index contributed by atoms with van der Waals surface area (Å²) in [5.74, 6) is 0.639. The fourth-order valence-corrected chi connectivity index (χ4v) is 3.33. The van der Waals surface area contributed by atoms with E-state index in [0.717, 1.165) is 22.2 Å². The highest BCUT2D eigenvalue weighted by atomic mass is 16.5. The molecular weight excluding hydrogens is 362 g/mol. The number of fused-ring (bicyclic) bond motifs is 1. The van der Waals surface area contributed by atoms with Gasteiger partial charge < -0.3 is 10.1 Å². The van der Waals surface area contributed by atoms with Gasteiger partial charge in [0.15, 0.2) is 0 Å². The molecule has 1 heterocycles. The van der Waals surface area contributed by atoms with Crippen LogP contribution in [-0.2, 0) is 13.1 Å². The number of hydrogen-bond acceptors (Lipinski definition) is 3. The van der Waals surface area contributed by atoms with E-state index in [0.29, 0.717) is 18.7 Å². The van der Waals surface area contributed by atoms with E-state index < -0.39 is 0 Å². The highest BCUT2D eigenvalue weighted by molar-refractivity contribution is 5.97. The van der Waals surface area contributed by atoms with E-state index in [1.807, 2.05) is 53.3 Å². The van der Waals surface area contributed by atoms with Gasteiger partial charge in [0.2, 0.25) is 0 Å². The molecular formula is C24H23N3O2. The van der Waals surface area contributed by atoms with E-state index in [-0.39, 0.29) is 5.91 Å². The topological polar surface area (TPSA) is 56.1 Å². The normalized spacial score (nSPS) is 10.8. The fraction of sp³-hybridized carbons (Fsp3) is 0.167. The van der Waals surface area contributed by atoms with Crippen LogP contribution in [0.3, 0.4) is 0 Å². The molecule has 0 saturated carbocycles. The molecule has 0 spiro atoms.